The van der Waals surface area contributed by atoms with E-state index in [1.54, 1.807) is 5.38 Å². The lowest BCUT2D eigenvalue weighted by molar-refractivity contribution is -0.150. The number of aliphatic carboxylic acids is 1. The van der Waals surface area contributed by atoms with Crippen LogP contribution in [0.1, 0.15) is 28.9 Å². The van der Waals surface area contributed by atoms with Crippen LogP contribution in [0, 0.1) is 0 Å². The van der Waals surface area contributed by atoms with Crippen LogP contribution in [-0.4, -0.2) is 83.6 Å². The summed E-state index contributed by atoms with van der Waals surface area (Å²) in [5, 5.41) is 27.4. The Labute approximate surface area is 239 Å². The minimum Gasteiger partial charge on any atom is -0.478 e. The largest absolute Gasteiger partial charge is 0.478 e. The number of amides is 2. The molecule has 1 saturated heterocycles. The minimum atomic E-state index is -1.27. The number of hydrogen-bond donors (Lipinski definition) is 4. The third-order valence-corrected chi connectivity index (χ3v) is 9.17. The van der Waals surface area contributed by atoms with Gasteiger partial charge in [-0.05, 0) is 36.6 Å². The second-order valence-electron chi connectivity index (χ2n) is 8.76. The molecule has 2 unspecified atom stereocenters. The molecule has 0 aromatic carbocycles. The highest BCUT2D eigenvalue weighted by atomic mass is 32.2. The minimum absolute atomic E-state index is 0.0629. The fraction of sp³-hybridized carbons (Fsp3) is 0.292. The van der Waals surface area contributed by atoms with Crippen molar-refractivity contribution < 1.29 is 34.2 Å². The molecule has 2 aromatic heterocycles. The van der Waals surface area contributed by atoms with E-state index in [4.69, 9.17) is 10.6 Å². The van der Waals surface area contributed by atoms with Gasteiger partial charge < -0.3 is 26.1 Å². The summed E-state index contributed by atoms with van der Waals surface area (Å²) in [4.78, 5) is 64.6. The number of nitrogens with zero attached hydrogens (tertiary/aromatic N) is 4. The second-order valence-corrected chi connectivity index (χ2v) is 11.7. The fourth-order valence-electron chi connectivity index (χ4n) is 4.20. The standard InChI is InChI=1S/C24H22N6O7S3/c25-24-27-14(10-40-24)16(29-37-13-3-1-2-4-13)19(31)28-17-20(32)30-18(23(35)36)12(9-39-21(17)30)8-38-15-7-11(22(33)34)5-6-26-15/h1,3,5-7,10,13,17,21H,2,4,8-9H2,(H2,25,27)(H,28,31)(H,33,34)(H,35,36)/t13?,17?,21-/m0/s1. The predicted molar refractivity (Wildman–Crippen MR) is 148 cm³/mol. The number of nitrogen functional groups attached to an aromatic ring is 1. The first kappa shape index (κ1) is 27.7. The Morgan fingerprint density at radius 1 is 1.30 bits per heavy atom. The van der Waals surface area contributed by atoms with Crippen molar-refractivity contribution >= 4 is 69.5 Å². The highest BCUT2D eigenvalue weighted by molar-refractivity contribution is 8.01. The number of carbonyl (C=O) groups is 4. The van der Waals surface area contributed by atoms with Gasteiger partial charge in [0.05, 0.1) is 10.6 Å². The lowest BCUT2D eigenvalue weighted by Crippen LogP contribution is -2.71. The van der Waals surface area contributed by atoms with Crippen molar-refractivity contribution in [2.75, 3.05) is 17.2 Å². The Morgan fingerprint density at radius 3 is 2.80 bits per heavy atom. The fourth-order valence-corrected chi connectivity index (χ4v) is 7.13. The maximum atomic E-state index is 13.2. The van der Waals surface area contributed by atoms with Gasteiger partial charge in [0.25, 0.3) is 11.8 Å². The molecule has 13 nitrogen and oxygen atoms in total. The third kappa shape index (κ3) is 5.68. The quantitative estimate of drug-likeness (QED) is 0.101. The number of rotatable bonds is 10. The molecule has 5 N–H and O–H groups in total. The number of anilines is 1. The molecular weight excluding hydrogens is 581 g/mol. The van der Waals surface area contributed by atoms with Crippen LogP contribution in [0.15, 0.2) is 57.3 Å². The molecule has 40 heavy (non-hydrogen) atoms. The smallest absolute Gasteiger partial charge is 0.352 e. The van der Waals surface area contributed by atoms with E-state index in [0.717, 1.165) is 29.1 Å². The van der Waals surface area contributed by atoms with E-state index in [0.29, 0.717) is 10.6 Å². The molecule has 3 aliphatic rings. The molecule has 0 bridgehead atoms. The first-order valence-corrected chi connectivity index (χ1v) is 14.8. The average molecular weight is 603 g/mol. The monoisotopic (exact) mass is 602 g/mol. The molecule has 0 spiro atoms. The number of fused-ring (bicyclic) bond motifs is 1. The zero-order chi connectivity index (χ0) is 28.4. The van der Waals surface area contributed by atoms with Crippen LogP contribution < -0.4 is 11.1 Å². The summed E-state index contributed by atoms with van der Waals surface area (Å²) < 4.78 is 0. The van der Waals surface area contributed by atoms with Crippen LogP contribution in [-0.2, 0) is 19.2 Å². The number of carbonyl (C=O) groups excluding carboxylic acids is 2. The summed E-state index contributed by atoms with van der Waals surface area (Å²) in [5.74, 6) is -3.17. The number of pyridine rings is 1. The number of hydrogen-bond acceptors (Lipinski definition) is 12. The van der Waals surface area contributed by atoms with Crippen LogP contribution in [0.5, 0.6) is 0 Å². The normalized spacial score (nSPS) is 22.1. The van der Waals surface area contributed by atoms with Crippen LogP contribution in [0.4, 0.5) is 5.13 Å². The van der Waals surface area contributed by atoms with Gasteiger partial charge in [0.2, 0.25) is 0 Å². The Morgan fingerprint density at radius 2 is 2.12 bits per heavy atom. The van der Waals surface area contributed by atoms with Gasteiger partial charge in [0.15, 0.2) is 10.8 Å². The molecule has 5 rings (SSSR count). The number of carboxylic acids is 2. The first-order chi connectivity index (χ1) is 19.2. The number of nitrogens with two attached hydrogens (primary N) is 1. The zero-order valence-corrected chi connectivity index (χ0v) is 23.0. The molecule has 3 atom stereocenters. The lowest BCUT2D eigenvalue weighted by atomic mass is 10.0. The van der Waals surface area contributed by atoms with E-state index in [9.17, 15) is 29.4 Å². The van der Waals surface area contributed by atoms with E-state index < -0.39 is 35.2 Å². The molecule has 0 saturated carbocycles. The van der Waals surface area contributed by atoms with E-state index in [1.165, 1.54) is 41.9 Å². The molecule has 2 amide bonds. The van der Waals surface area contributed by atoms with Crippen LogP contribution in [0.3, 0.4) is 0 Å². The van der Waals surface area contributed by atoms with Gasteiger partial charge in [-0.1, -0.05) is 11.2 Å². The van der Waals surface area contributed by atoms with E-state index in [-0.39, 0.29) is 45.4 Å². The second kappa shape index (κ2) is 11.7. The van der Waals surface area contributed by atoms with Crippen molar-refractivity contribution in [2.45, 2.75) is 35.4 Å². The molecule has 0 radical (unpaired) electrons. The SMILES string of the molecule is Nc1nc(C(=NOC2C=CCC2)C(=O)NC2C(=O)N3C(C(=O)O)=C(CSc4cc(C(=O)O)ccn4)CS[C@@H]23)cs1. The topological polar surface area (TPSA) is 197 Å². The van der Waals surface area contributed by atoms with Crippen molar-refractivity contribution in [1.82, 2.24) is 20.2 Å². The van der Waals surface area contributed by atoms with Gasteiger partial charge in [-0.15, -0.1) is 34.9 Å². The number of aromatic nitrogens is 2. The Kier molecular flexibility index (Phi) is 8.09. The summed E-state index contributed by atoms with van der Waals surface area (Å²) in [5.41, 5.74) is 6.19. The van der Waals surface area contributed by atoms with Gasteiger partial charge >= 0.3 is 11.9 Å². The molecule has 2 aromatic rings. The Hall–Kier alpha value is -3.89. The van der Waals surface area contributed by atoms with E-state index in [1.807, 2.05) is 12.2 Å². The maximum Gasteiger partial charge on any atom is 0.352 e. The first-order valence-electron chi connectivity index (χ1n) is 11.9. The maximum absolute atomic E-state index is 13.2. The number of nitrogens with one attached hydrogen (secondary N) is 1. The zero-order valence-electron chi connectivity index (χ0n) is 20.6. The van der Waals surface area contributed by atoms with Crippen LogP contribution in [0.25, 0.3) is 0 Å². The molecule has 2 aliphatic heterocycles. The van der Waals surface area contributed by atoms with E-state index >= 15 is 0 Å². The van der Waals surface area contributed by atoms with Gasteiger partial charge in [-0.3, -0.25) is 14.5 Å². The van der Waals surface area contributed by atoms with Crippen molar-refractivity contribution in [3.05, 3.63) is 58.4 Å². The molecule has 4 heterocycles. The summed E-state index contributed by atoms with van der Waals surface area (Å²) >= 11 is 3.61. The summed E-state index contributed by atoms with van der Waals surface area (Å²) in [6, 6.07) is 1.78. The molecule has 1 aliphatic carbocycles. The van der Waals surface area contributed by atoms with Crippen LogP contribution >= 0.6 is 34.9 Å². The third-order valence-electron chi connectivity index (χ3n) is 6.14. The number of thioether (sulfide) groups is 2. The highest BCUT2D eigenvalue weighted by Gasteiger charge is 2.54. The summed E-state index contributed by atoms with van der Waals surface area (Å²) in [6.45, 7) is 0. The molecular formula is C24H22N6O7S3. The number of aromatic carboxylic acids is 1. The van der Waals surface area contributed by atoms with Crippen molar-refractivity contribution in [2.24, 2.45) is 5.16 Å². The van der Waals surface area contributed by atoms with E-state index in [2.05, 4.69) is 20.4 Å². The summed E-state index contributed by atoms with van der Waals surface area (Å²) in [6.07, 6.45) is 6.43. The van der Waals surface area contributed by atoms with Gasteiger partial charge in [-0.2, -0.15) is 0 Å². The molecule has 208 valence electrons. The summed E-state index contributed by atoms with van der Waals surface area (Å²) in [7, 11) is 0. The van der Waals surface area contributed by atoms with Gasteiger partial charge in [-0.25, -0.2) is 19.6 Å². The number of allylic oxidation sites excluding steroid dienone is 1. The Bertz CT molecular complexity index is 1470. The van der Waals surface area contributed by atoms with Crippen molar-refractivity contribution in [3.8, 4) is 0 Å². The average Bonchev–Trinajstić information content (AvgIpc) is 3.62. The molecule has 1 fully saturated rings. The Balaban J connectivity index is 1.30. The number of thiazole rings is 1. The van der Waals surface area contributed by atoms with Gasteiger partial charge in [0.1, 0.15) is 28.9 Å². The van der Waals surface area contributed by atoms with Gasteiger partial charge in [0, 0.05) is 23.1 Å². The highest BCUT2D eigenvalue weighted by Crippen LogP contribution is 2.41. The lowest BCUT2D eigenvalue weighted by Gasteiger charge is -2.49. The number of oxime groups is 1. The molecule has 16 heteroatoms. The number of β-lactam (4-membered cyclic amide) rings is 1. The van der Waals surface area contributed by atoms with Crippen LogP contribution in [0.2, 0.25) is 0 Å². The predicted octanol–water partition coefficient (Wildman–Crippen LogP) is 1.79. The van der Waals surface area contributed by atoms with Crippen molar-refractivity contribution in [1.29, 1.82) is 0 Å². The van der Waals surface area contributed by atoms with Crippen molar-refractivity contribution in [3.63, 3.8) is 0 Å². The number of carboxylic acid groups (broad SMARTS) is 2.